The highest BCUT2D eigenvalue weighted by Gasteiger charge is 2.29. The van der Waals surface area contributed by atoms with Gasteiger partial charge in [0.1, 0.15) is 0 Å². The molecule has 0 saturated carbocycles. The topological polar surface area (TPSA) is 15.3 Å². The van der Waals surface area contributed by atoms with E-state index in [2.05, 4.69) is 51.8 Å². The average Bonchev–Trinajstić information content (AvgIpc) is 2.71. The van der Waals surface area contributed by atoms with Crippen molar-refractivity contribution in [1.82, 2.24) is 10.2 Å². The maximum Gasteiger partial charge on any atom is 0.0108 e. The van der Waals surface area contributed by atoms with Crippen LogP contribution in [0.1, 0.15) is 60.8 Å². The van der Waals surface area contributed by atoms with Crippen molar-refractivity contribution in [3.63, 3.8) is 0 Å². The normalized spacial score (nSPS) is 26.1. The molecule has 0 amide bonds. The smallest absolute Gasteiger partial charge is 0.0108 e. The molecule has 1 aliphatic heterocycles. The van der Waals surface area contributed by atoms with Crippen molar-refractivity contribution in [2.75, 3.05) is 13.1 Å². The summed E-state index contributed by atoms with van der Waals surface area (Å²) in [6, 6.07) is 1.54. The third-order valence-electron chi connectivity index (χ3n) is 4.19. The Morgan fingerprint density at radius 1 is 1.29 bits per heavy atom. The molecule has 2 nitrogen and oxygen atoms in total. The van der Waals surface area contributed by atoms with Gasteiger partial charge in [-0.25, -0.2) is 0 Å². The second kappa shape index (κ2) is 6.19. The van der Waals surface area contributed by atoms with Crippen LogP contribution in [0.3, 0.4) is 0 Å². The fourth-order valence-corrected chi connectivity index (χ4v) is 2.80. The Morgan fingerprint density at radius 3 is 2.47 bits per heavy atom. The molecule has 0 radical (unpaired) electrons. The summed E-state index contributed by atoms with van der Waals surface area (Å²) in [6.45, 7) is 16.3. The number of nitrogens with zero attached hydrogens (tertiary/aromatic N) is 1. The average molecular weight is 240 g/mol. The molecule has 1 rings (SSSR count). The van der Waals surface area contributed by atoms with Gasteiger partial charge in [0.2, 0.25) is 0 Å². The first-order valence-electron chi connectivity index (χ1n) is 7.36. The SMILES string of the molecule is CCC1CCCN1C(C)C(C)CNC(C)(C)C. The van der Waals surface area contributed by atoms with E-state index in [4.69, 9.17) is 0 Å². The molecule has 1 saturated heterocycles. The first-order chi connectivity index (χ1) is 7.85. The Bertz CT molecular complexity index is 219. The molecule has 2 heteroatoms. The Morgan fingerprint density at radius 2 is 1.94 bits per heavy atom. The minimum absolute atomic E-state index is 0.239. The third kappa shape index (κ3) is 4.59. The van der Waals surface area contributed by atoms with Crippen molar-refractivity contribution >= 4 is 0 Å². The number of hydrogen-bond acceptors (Lipinski definition) is 2. The predicted molar refractivity (Wildman–Crippen MR) is 76.4 cm³/mol. The lowest BCUT2D eigenvalue weighted by molar-refractivity contribution is 0.138. The number of hydrogen-bond donors (Lipinski definition) is 1. The molecular formula is C15H32N2. The lowest BCUT2D eigenvalue weighted by Crippen LogP contribution is -2.46. The van der Waals surface area contributed by atoms with Crippen LogP contribution >= 0.6 is 0 Å². The van der Waals surface area contributed by atoms with Crippen LogP contribution in [0.4, 0.5) is 0 Å². The van der Waals surface area contributed by atoms with E-state index in [1.54, 1.807) is 0 Å². The Balaban J connectivity index is 2.43. The minimum atomic E-state index is 0.239. The van der Waals surface area contributed by atoms with Gasteiger partial charge in [-0.1, -0.05) is 13.8 Å². The second-order valence-corrected chi connectivity index (χ2v) is 6.79. The molecular weight excluding hydrogens is 208 g/mol. The summed E-state index contributed by atoms with van der Waals surface area (Å²) in [6.07, 6.45) is 4.10. The van der Waals surface area contributed by atoms with Gasteiger partial charge in [0.05, 0.1) is 0 Å². The Hall–Kier alpha value is -0.0800. The van der Waals surface area contributed by atoms with Gasteiger partial charge < -0.3 is 5.32 Å². The molecule has 0 spiro atoms. The highest BCUT2D eigenvalue weighted by molar-refractivity contribution is 4.85. The van der Waals surface area contributed by atoms with Crippen LogP contribution in [0.25, 0.3) is 0 Å². The Kier molecular flexibility index (Phi) is 5.46. The van der Waals surface area contributed by atoms with Gasteiger partial charge in [-0.05, 0) is 66.0 Å². The first-order valence-corrected chi connectivity index (χ1v) is 7.36. The number of rotatable bonds is 5. The van der Waals surface area contributed by atoms with E-state index in [1.165, 1.54) is 25.8 Å². The Labute approximate surface area is 108 Å². The molecule has 0 aromatic heterocycles. The first kappa shape index (κ1) is 15.0. The van der Waals surface area contributed by atoms with Gasteiger partial charge in [-0.3, -0.25) is 4.90 Å². The molecule has 0 aromatic rings. The highest BCUT2D eigenvalue weighted by atomic mass is 15.2. The van der Waals surface area contributed by atoms with Crippen LogP contribution in [0, 0.1) is 5.92 Å². The summed E-state index contributed by atoms with van der Waals surface area (Å²) >= 11 is 0. The molecule has 17 heavy (non-hydrogen) atoms. The molecule has 1 N–H and O–H groups in total. The molecule has 3 atom stereocenters. The maximum atomic E-state index is 3.63. The summed E-state index contributed by atoms with van der Waals surface area (Å²) in [7, 11) is 0. The zero-order chi connectivity index (χ0) is 13.1. The summed E-state index contributed by atoms with van der Waals surface area (Å²) in [5, 5.41) is 3.63. The van der Waals surface area contributed by atoms with Crippen molar-refractivity contribution in [2.24, 2.45) is 5.92 Å². The van der Waals surface area contributed by atoms with Crippen molar-refractivity contribution < 1.29 is 0 Å². The van der Waals surface area contributed by atoms with Gasteiger partial charge in [0.15, 0.2) is 0 Å². The number of nitrogens with one attached hydrogen (secondary N) is 1. The van der Waals surface area contributed by atoms with E-state index in [0.717, 1.165) is 18.5 Å². The molecule has 3 unspecified atom stereocenters. The van der Waals surface area contributed by atoms with Crippen molar-refractivity contribution in [3.8, 4) is 0 Å². The number of likely N-dealkylation sites (tertiary alicyclic amines) is 1. The lowest BCUT2D eigenvalue weighted by Gasteiger charge is -2.35. The lowest BCUT2D eigenvalue weighted by atomic mass is 9.99. The molecule has 1 fully saturated rings. The van der Waals surface area contributed by atoms with Gasteiger partial charge in [-0.15, -0.1) is 0 Å². The van der Waals surface area contributed by atoms with Crippen molar-refractivity contribution in [2.45, 2.75) is 78.4 Å². The summed E-state index contributed by atoms with van der Waals surface area (Å²) in [5.41, 5.74) is 0.239. The van der Waals surface area contributed by atoms with E-state index in [1.807, 2.05) is 0 Å². The molecule has 1 heterocycles. The summed E-state index contributed by atoms with van der Waals surface area (Å²) < 4.78 is 0. The second-order valence-electron chi connectivity index (χ2n) is 6.79. The van der Waals surface area contributed by atoms with Crippen LogP contribution in [0.2, 0.25) is 0 Å². The molecule has 102 valence electrons. The van der Waals surface area contributed by atoms with E-state index in [9.17, 15) is 0 Å². The quantitative estimate of drug-likeness (QED) is 0.793. The molecule has 0 bridgehead atoms. The summed E-state index contributed by atoms with van der Waals surface area (Å²) in [5.74, 6) is 0.723. The predicted octanol–water partition coefficient (Wildman–Crippen LogP) is 3.27. The van der Waals surface area contributed by atoms with E-state index in [-0.39, 0.29) is 5.54 Å². The van der Waals surface area contributed by atoms with Gasteiger partial charge in [-0.2, -0.15) is 0 Å². The van der Waals surface area contributed by atoms with Crippen molar-refractivity contribution in [3.05, 3.63) is 0 Å². The van der Waals surface area contributed by atoms with Gasteiger partial charge in [0.25, 0.3) is 0 Å². The van der Waals surface area contributed by atoms with E-state index < -0.39 is 0 Å². The fraction of sp³-hybridized carbons (Fsp3) is 1.00. The third-order valence-corrected chi connectivity index (χ3v) is 4.19. The highest BCUT2D eigenvalue weighted by Crippen LogP contribution is 2.25. The fourth-order valence-electron chi connectivity index (χ4n) is 2.80. The molecule has 0 aromatic carbocycles. The van der Waals surface area contributed by atoms with Gasteiger partial charge in [0, 0.05) is 17.6 Å². The molecule has 1 aliphatic rings. The van der Waals surface area contributed by atoms with Crippen LogP contribution < -0.4 is 5.32 Å². The zero-order valence-corrected chi connectivity index (χ0v) is 12.7. The zero-order valence-electron chi connectivity index (χ0n) is 12.7. The van der Waals surface area contributed by atoms with Crippen LogP contribution in [-0.4, -0.2) is 35.6 Å². The van der Waals surface area contributed by atoms with E-state index in [0.29, 0.717) is 6.04 Å². The molecule has 0 aliphatic carbocycles. The monoisotopic (exact) mass is 240 g/mol. The van der Waals surface area contributed by atoms with Gasteiger partial charge >= 0.3 is 0 Å². The largest absolute Gasteiger partial charge is 0.312 e. The summed E-state index contributed by atoms with van der Waals surface area (Å²) in [4.78, 5) is 2.73. The standard InChI is InChI=1S/C15H32N2/c1-7-14-9-8-10-17(14)13(3)12(2)11-16-15(4,5)6/h12-14,16H,7-11H2,1-6H3. The van der Waals surface area contributed by atoms with E-state index >= 15 is 0 Å². The van der Waals surface area contributed by atoms with Crippen LogP contribution in [-0.2, 0) is 0 Å². The van der Waals surface area contributed by atoms with Crippen LogP contribution in [0.15, 0.2) is 0 Å². The van der Waals surface area contributed by atoms with Crippen LogP contribution in [0.5, 0.6) is 0 Å². The maximum absolute atomic E-state index is 3.63. The van der Waals surface area contributed by atoms with Crippen molar-refractivity contribution in [1.29, 1.82) is 0 Å². The minimum Gasteiger partial charge on any atom is -0.312 e.